The summed E-state index contributed by atoms with van der Waals surface area (Å²) in [6.07, 6.45) is 5.31. The van der Waals surface area contributed by atoms with E-state index in [4.69, 9.17) is 0 Å². The van der Waals surface area contributed by atoms with Gasteiger partial charge in [0.15, 0.2) is 0 Å². The lowest BCUT2D eigenvalue weighted by Gasteiger charge is -2.37. The lowest BCUT2D eigenvalue weighted by molar-refractivity contribution is -0.115. The highest BCUT2D eigenvalue weighted by atomic mass is 16.2. The van der Waals surface area contributed by atoms with Gasteiger partial charge in [0, 0.05) is 17.3 Å². The number of nitrogens with zero attached hydrogens (tertiary/aromatic N) is 1. The monoisotopic (exact) mass is 363 g/mol. The first kappa shape index (κ1) is 19.3. The first-order valence-electron chi connectivity index (χ1n) is 9.92. The van der Waals surface area contributed by atoms with Gasteiger partial charge in [0.05, 0.1) is 0 Å². The van der Waals surface area contributed by atoms with Crippen LogP contribution in [0.1, 0.15) is 68.8 Å². The molecule has 0 bridgehead atoms. The largest absolute Gasteiger partial charge is 0.302 e. The summed E-state index contributed by atoms with van der Waals surface area (Å²) in [5.41, 5.74) is 2.33. The van der Waals surface area contributed by atoms with E-state index in [1.54, 1.807) is 29.2 Å². The number of hydrogen-bond donors (Lipinski definition) is 0. The van der Waals surface area contributed by atoms with Crippen LogP contribution in [-0.4, -0.2) is 17.7 Å². The van der Waals surface area contributed by atoms with Crippen molar-refractivity contribution in [1.29, 1.82) is 0 Å². The first-order valence-corrected chi connectivity index (χ1v) is 9.92. The Morgan fingerprint density at radius 2 is 1.44 bits per heavy atom. The molecule has 1 fully saturated rings. The topological polar surface area (TPSA) is 37.4 Å². The Labute approximate surface area is 162 Å². The summed E-state index contributed by atoms with van der Waals surface area (Å²) in [5.74, 6) is -0.838. The van der Waals surface area contributed by atoms with E-state index in [1.165, 1.54) is 6.42 Å². The van der Waals surface area contributed by atoms with Crippen molar-refractivity contribution in [2.75, 3.05) is 4.90 Å². The standard InChI is InChI=1S/C24H29NO2/c1-24(2,3)20-16-10-11-17-21(20)25(19-14-8-5-9-15-19)23(27)22(26)18-12-6-4-7-13-18/h4,6-7,10-13,16-17,19H,5,8-9,14-15H2,1-3H3. The van der Waals surface area contributed by atoms with E-state index in [1.807, 2.05) is 24.3 Å². The zero-order valence-corrected chi connectivity index (χ0v) is 16.6. The smallest absolute Gasteiger partial charge is 0.299 e. The lowest BCUT2D eigenvalue weighted by atomic mass is 9.84. The van der Waals surface area contributed by atoms with Crippen molar-refractivity contribution in [3.63, 3.8) is 0 Å². The van der Waals surface area contributed by atoms with E-state index in [0.29, 0.717) is 5.56 Å². The third-order valence-corrected chi connectivity index (χ3v) is 5.36. The van der Waals surface area contributed by atoms with E-state index < -0.39 is 11.7 Å². The maximum atomic E-state index is 13.4. The molecule has 2 aromatic rings. The summed E-state index contributed by atoms with van der Waals surface area (Å²) in [5, 5.41) is 0. The number of benzene rings is 2. The zero-order valence-electron chi connectivity index (χ0n) is 16.6. The molecule has 2 aromatic carbocycles. The SMILES string of the molecule is CC(C)(C)c1ccccc1N(C(=O)C(=O)c1ccccc1)C1CCCCC1. The van der Waals surface area contributed by atoms with Crippen LogP contribution < -0.4 is 4.90 Å². The number of rotatable bonds is 4. The molecule has 3 nitrogen and oxygen atoms in total. The average Bonchev–Trinajstić information content (AvgIpc) is 2.68. The molecular weight excluding hydrogens is 334 g/mol. The number of carbonyl (C=O) groups is 2. The second-order valence-electron chi connectivity index (χ2n) is 8.43. The zero-order chi connectivity index (χ0) is 19.4. The van der Waals surface area contributed by atoms with Gasteiger partial charge in [-0.2, -0.15) is 0 Å². The Kier molecular flexibility index (Phi) is 5.79. The van der Waals surface area contributed by atoms with E-state index in [9.17, 15) is 9.59 Å². The summed E-state index contributed by atoms with van der Waals surface area (Å²) >= 11 is 0. The molecule has 1 amide bonds. The maximum absolute atomic E-state index is 13.4. The highest BCUT2D eigenvalue weighted by Gasteiger charge is 2.34. The predicted octanol–water partition coefficient (Wildman–Crippen LogP) is 5.53. The minimum absolute atomic E-state index is 0.0856. The number of anilines is 1. The number of hydrogen-bond acceptors (Lipinski definition) is 2. The van der Waals surface area contributed by atoms with Crippen molar-refractivity contribution in [2.45, 2.75) is 64.3 Å². The molecule has 3 rings (SSSR count). The fraction of sp³-hybridized carbons (Fsp3) is 0.417. The van der Waals surface area contributed by atoms with Crippen molar-refractivity contribution in [3.05, 3.63) is 65.7 Å². The molecule has 0 unspecified atom stereocenters. The fourth-order valence-corrected chi connectivity index (χ4v) is 3.95. The van der Waals surface area contributed by atoms with Gasteiger partial charge in [-0.05, 0) is 29.9 Å². The van der Waals surface area contributed by atoms with Gasteiger partial charge in [0.1, 0.15) is 0 Å². The van der Waals surface area contributed by atoms with Gasteiger partial charge in [-0.15, -0.1) is 0 Å². The summed E-state index contributed by atoms with van der Waals surface area (Å²) in [7, 11) is 0. The molecule has 0 aliphatic heterocycles. The molecule has 27 heavy (non-hydrogen) atoms. The van der Waals surface area contributed by atoms with Gasteiger partial charge in [0.25, 0.3) is 11.7 Å². The van der Waals surface area contributed by atoms with Gasteiger partial charge < -0.3 is 4.90 Å². The molecule has 0 spiro atoms. The summed E-state index contributed by atoms with van der Waals surface area (Å²) < 4.78 is 0. The van der Waals surface area contributed by atoms with Gasteiger partial charge in [-0.3, -0.25) is 9.59 Å². The molecule has 0 radical (unpaired) electrons. The summed E-state index contributed by atoms with van der Waals surface area (Å²) in [6.45, 7) is 6.44. The molecule has 0 atom stereocenters. The summed E-state index contributed by atoms with van der Waals surface area (Å²) in [6, 6.07) is 17.0. The van der Waals surface area contributed by atoms with Crippen LogP contribution in [0.3, 0.4) is 0 Å². The van der Waals surface area contributed by atoms with Crippen molar-refractivity contribution < 1.29 is 9.59 Å². The average molecular weight is 364 g/mol. The number of Topliss-reactive ketones (excluding diaryl/α,β-unsaturated/α-hetero) is 1. The van der Waals surface area contributed by atoms with Crippen molar-refractivity contribution >= 4 is 17.4 Å². The van der Waals surface area contributed by atoms with E-state index in [2.05, 4.69) is 26.8 Å². The molecule has 0 N–H and O–H groups in total. The third-order valence-electron chi connectivity index (χ3n) is 5.36. The Bertz CT molecular complexity index is 799. The Balaban J connectivity index is 2.05. The summed E-state index contributed by atoms with van der Waals surface area (Å²) in [4.78, 5) is 28.2. The normalized spacial score (nSPS) is 15.4. The predicted molar refractivity (Wildman–Crippen MR) is 110 cm³/mol. The van der Waals surface area contributed by atoms with Crippen LogP contribution in [0.15, 0.2) is 54.6 Å². The van der Waals surface area contributed by atoms with Crippen LogP contribution in [0.25, 0.3) is 0 Å². The fourth-order valence-electron chi connectivity index (χ4n) is 3.95. The van der Waals surface area contributed by atoms with Crippen molar-refractivity contribution in [2.24, 2.45) is 0 Å². The highest BCUT2D eigenvalue weighted by Crippen LogP contribution is 2.36. The number of amides is 1. The van der Waals surface area contributed by atoms with Crippen LogP contribution in [0, 0.1) is 0 Å². The quantitative estimate of drug-likeness (QED) is 0.529. The van der Waals surface area contributed by atoms with Crippen LogP contribution in [0.2, 0.25) is 0 Å². The maximum Gasteiger partial charge on any atom is 0.299 e. The van der Waals surface area contributed by atoms with E-state index in [0.717, 1.165) is 36.9 Å². The van der Waals surface area contributed by atoms with Crippen LogP contribution >= 0.6 is 0 Å². The number of ketones is 1. The van der Waals surface area contributed by atoms with Crippen molar-refractivity contribution in [1.82, 2.24) is 0 Å². The minimum atomic E-state index is -0.426. The highest BCUT2D eigenvalue weighted by molar-refractivity contribution is 6.47. The minimum Gasteiger partial charge on any atom is -0.302 e. The molecule has 1 saturated carbocycles. The molecule has 142 valence electrons. The Morgan fingerprint density at radius 3 is 2.07 bits per heavy atom. The van der Waals surface area contributed by atoms with Gasteiger partial charge >= 0.3 is 0 Å². The molecule has 0 aromatic heterocycles. The van der Waals surface area contributed by atoms with Crippen LogP contribution in [0.5, 0.6) is 0 Å². The second kappa shape index (κ2) is 8.08. The number of para-hydroxylation sites is 1. The van der Waals surface area contributed by atoms with E-state index in [-0.39, 0.29) is 11.5 Å². The lowest BCUT2D eigenvalue weighted by Crippen LogP contribution is -2.46. The Hall–Kier alpha value is -2.42. The van der Waals surface area contributed by atoms with Crippen LogP contribution in [-0.2, 0) is 10.2 Å². The second-order valence-corrected chi connectivity index (χ2v) is 8.43. The third kappa shape index (κ3) is 4.29. The van der Waals surface area contributed by atoms with Crippen molar-refractivity contribution in [3.8, 4) is 0 Å². The van der Waals surface area contributed by atoms with Crippen LogP contribution in [0.4, 0.5) is 5.69 Å². The molecule has 3 heteroatoms. The van der Waals surface area contributed by atoms with Gasteiger partial charge in [-0.25, -0.2) is 0 Å². The Morgan fingerprint density at radius 1 is 0.852 bits per heavy atom. The van der Waals surface area contributed by atoms with Gasteiger partial charge in [-0.1, -0.05) is 88.6 Å². The molecule has 0 heterocycles. The molecule has 0 saturated heterocycles. The number of carbonyl (C=O) groups excluding carboxylic acids is 2. The molecular formula is C24H29NO2. The molecule has 1 aliphatic rings. The van der Waals surface area contributed by atoms with Gasteiger partial charge in [0.2, 0.25) is 0 Å². The van der Waals surface area contributed by atoms with E-state index >= 15 is 0 Å². The first-order chi connectivity index (χ1) is 12.9. The molecule has 1 aliphatic carbocycles.